The third kappa shape index (κ3) is 4.27. The van der Waals surface area contributed by atoms with Crippen LogP contribution in [-0.4, -0.2) is 25.6 Å². The van der Waals surface area contributed by atoms with E-state index in [2.05, 4.69) is 29.2 Å². The van der Waals surface area contributed by atoms with Crippen LogP contribution in [0.1, 0.15) is 0 Å². The zero-order chi connectivity index (χ0) is 13.3. The molecule has 2 rings (SSSR count). The van der Waals surface area contributed by atoms with Gasteiger partial charge in [-0.1, -0.05) is 36.4 Å². The average Bonchev–Trinajstić information content (AvgIpc) is 2.49. The molecule has 0 fully saturated rings. The van der Waals surface area contributed by atoms with Gasteiger partial charge in [-0.3, -0.25) is 0 Å². The Labute approximate surface area is 119 Å². The molecule has 2 aromatic carbocycles. The molecule has 0 N–H and O–H groups in total. The van der Waals surface area contributed by atoms with Crippen molar-refractivity contribution in [1.82, 2.24) is 0 Å². The Bertz CT molecular complexity index is 421. The quantitative estimate of drug-likeness (QED) is 0.558. The van der Waals surface area contributed by atoms with E-state index in [4.69, 9.17) is 16.3 Å². The summed E-state index contributed by atoms with van der Waals surface area (Å²) >= 11 is 5.61. The van der Waals surface area contributed by atoms with Gasteiger partial charge >= 0.3 is 0 Å². The molecule has 100 valence electrons. The minimum absolute atomic E-state index is 0.538. The number of hydrogen-bond acceptors (Lipinski definition) is 2. The van der Waals surface area contributed by atoms with E-state index < -0.39 is 0 Å². The number of nitrogens with zero attached hydrogens (tertiary/aromatic N) is 1. The van der Waals surface area contributed by atoms with Gasteiger partial charge in [-0.25, -0.2) is 0 Å². The topological polar surface area (TPSA) is 12.5 Å². The fourth-order valence-electron chi connectivity index (χ4n) is 1.94. The predicted molar refractivity (Wildman–Crippen MR) is 81.4 cm³/mol. The van der Waals surface area contributed by atoms with Gasteiger partial charge in [0.2, 0.25) is 0 Å². The van der Waals surface area contributed by atoms with E-state index in [0.717, 1.165) is 6.54 Å². The molecule has 3 heteroatoms. The second-order valence-electron chi connectivity index (χ2n) is 4.12. The van der Waals surface area contributed by atoms with E-state index in [1.807, 2.05) is 36.4 Å². The second kappa shape index (κ2) is 7.82. The molecule has 0 aromatic heterocycles. The molecular formula is C16H18ClNO. The third-order valence-corrected chi connectivity index (χ3v) is 2.97. The van der Waals surface area contributed by atoms with Crippen molar-refractivity contribution in [3.8, 4) is 0 Å². The standard InChI is InChI=1S/C16H18ClNO/c17-11-13-19-14-12-18(15-7-3-1-4-8-15)16-9-5-2-6-10-16/h1-10H,11-14H2. The van der Waals surface area contributed by atoms with Gasteiger partial charge < -0.3 is 9.64 Å². The van der Waals surface area contributed by atoms with Gasteiger partial charge in [0.25, 0.3) is 0 Å². The Kier molecular flexibility index (Phi) is 5.73. The molecular weight excluding hydrogens is 258 g/mol. The summed E-state index contributed by atoms with van der Waals surface area (Å²) in [5, 5.41) is 0. The molecule has 0 aliphatic rings. The molecule has 0 heterocycles. The highest BCUT2D eigenvalue weighted by Gasteiger charge is 2.07. The van der Waals surface area contributed by atoms with Crippen LogP contribution in [0, 0.1) is 0 Å². The lowest BCUT2D eigenvalue weighted by Gasteiger charge is -2.24. The highest BCUT2D eigenvalue weighted by atomic mass is 35.5. The molecule has 19 heavy (non-hydrogen) atoms. The van der Waals surface area contributed by atoms with Crippen LogP contribution in [0.25, 0.3) is 0 Å². The molecule has 0 radical (unpaired) electrons. The summed E-state index contributed by atoms with van der Waals surface area (Å²) < 4.78 is 5.48. The molecule has 2 aromatic rings. The van der Waals surface area contributed by atoms with Gasteiger partial charge in [-0.05, 0) is 24.3 Å². The van der Waals surface area contributed by atoms with E-state index >= 15 is 0 Å². The number of alkyl halides is 1. The van der Waals surface area contributed by atoms with Crippen LogP contribution >= 0.6 is 11.6 Å². The van der Waals surface area contributed by atoms with Crippen LogP contribution in [0.15, 0.2) is 60.7 Å². The van der Waals surface area contributed by atoms with Crippen molar-refractivity contribution in [3.05, 3.63) is 60.7 Å². The number of para-hydroxylation sites is 2. The van der Waals surface area contributed by atoms with Crippen LogP contribution in [0.5, 0.6) is 0 Å². The Balaban J connectivity index is 2.10. The van der Waals surface area contributed by atoms with Gasteiger partial charge in [0.15, 0.2) is 0 Å². The summed E-state index contributed by atoms with van der Waals surface area (Å²) in [6.07, 6.45) is 0. The minimum Gasteiger partial charge on any atom is -0.378 e. The lowest BCUT2D eigenvalue weighted by molar-refractivity contribution is 0.157. The Morgan fingerprint density at radius 2 is 1.32 bits per heavy atom. The van der Waals surface area contributed by atoms with E-state index in [-0.39, 0.29) is 0 Å². The zero-order valence-electron chi connectivity index (χ0n) is 10.8. The molecule has 0 spiro atoms. The third-order valence-electron chi connectivity index (χ3n) is 2.82. The Morgan fingerprint density at radius 1 is 0.789 bits per heavy atom. The van der Waals surface area contributed by atoms with E-state index in [9.17, 15) is 0 Å². The largest absolute Gasteiger partial charge is 0.378 e. The van der Waals surface area contributed by atoms with Crippen LogP contribution in [0.4, 0.5) is 11.4 Å². The van der Waals surface area contributed by atoms with Gasteiger partial charge in [0.1, 0.15) is 0 Å². The Morgan fingerprint density at radius 3 is 1.79 bits per heavy atom. The normalized spacial score (nSPS) is 10.4. The monoisotopic (exact) mass is 275 g/mol. The number of hydrogen-bond donors (Lipinski definition) is 0. The average molecular weight is 276 g/mol. The van der Waals surface area contributed by atoms with Crippen LogP contribution < -0.4 is 4.90 Å². The molecule has 2 nitrogen and oxygen atoms in total. The first kappa shape index (κ1) is 13.9. The van der Waals surface area contributed by atoms with Crippen molar-refractivity contribution in [1.29, 1.82) is 0 Å². The summed E-state index contributed by atoms with van der Waals surface area (Å²) in [6.45, 7) is 2.07. The van der Waals surface area contributed by atoms with E-state index in [1.165, 1.54) is 11.4 Å². The molecule has 0 atom stereocenters. The van der Waals surface area contributed by atoms with Crippen molar-refractivity contribution in [2.75, 3.05) is 30.5 Å². The summed E-state index contributed by atoms with van der Waals surface area (Å²) in [5.74, 6) is 0.538. The minimum atomic E-state index is 0.538. The lowest BCUT2D eigenvalue weighted by Crippen LogP contribution is -2.22. The Hall–Kier alpha value is -1.51. The number of benzene rings is 2. The van der Waals surface area contributed by atoms with Gasteiger partial charge in [0.05, 0.1) is 13.2 Å². The fraction of sp³-hybridized carbons (Fsp3) is 0.250. The smallest absolute Gasteiger partial charge is 0.0646 e. The maximum Gasteiger partial charge on any atom is 0.0646 e. The number of anilines is 2. The van der Waals surface area contributed by atoms with Gasteiger partial charge in [-0.15, -0.1) is 11.6 Å². The van der Waals surface area contributed by atoms with Crippen molar-refractivity contribution >= 4 is 23.0 Å². The number of ether oxygens (including phenoxy) is 1. The maximum atomic E-state index is 5.61. The van der Waals surface area contributed by atoms with Crippen molar-refractivity contribution in [2.45, 2.75) is 0 Å². The molecule has 0 aliphatic carbocycles. The summed E-state index contributed by atoms with van der Waals surface area (Å²) in [7, 11) is 0. The molecule has 0 saturated heterocycles. The van der Waals surface area contributed by atoms with Crippen molar-refractivity contribution < 1.29 is 4.74 Å². The molecule has 0 amide bonds. The van der Waals surface area contributed by atoms with Crippen LogP contribution in [0.3, 0.4) is 0 Å². The first-order valence-corrected chi connectivity index (χ1v) is 6.96. The van der Waals surface area contributed by atoms with Crippen LogP contribution in [-0.2, 0) is 4.74 Å². The van der Waals surface area contributed by atoms with E-state index in [0.29, 0.717) is 19.1 Å². The van der Waals surface area contributed by atoms with Crippen molar-refractivity contribution in [2.24, 2.45) is 0 Å². The van der Waals surface area contributed by atoms with E-state index in [1.54, 1.807) is 0 Å². The van der Waals surface area contributed by atoms with Gasteiger partial charge in [-0.2, -0.15) is 0 Å². The predicted octanol–water partition coefficient (Wildman–Crippen LogP) is 4.08. The molecule has 0 unspecified atom stereocenters. The molecule has 0 aliphatic heterocycles. The summed E-state index contributed by atoms with van der Waals surface area (Å²) in [4.78, 5) is 2.24. The SMILES string of the molecule is ClCCOCCN(c1ccccc1)c1ccccc1. The lowest BCUT2D eigenvalue weighted by atomic mass is 10.2. The summed E-state index contributed by atoms with van der Waals surface area (Å²) in [5.41, 5.74) is 2.34. The number of rotatable bonds is 7. The molecule has 0 bridgehead atoms. The van der Waals surface area contributed by atoms with Gasteiger partial charge in [0, 0.05) is 23.8 Å². The number of halogens is 1. The first-order chi connectivity index (χ1) is 9.42. The summed E-state index contributed by atoms with van der Waals surface area (Å²) in [6, 6.07) is 20.7. The highest BCUT2D eigenvalue weighted by molar-refractivity contribution is 6.17. The fourth-order valence-corrected chi connectivity index (χ4v) is 2.04. The second-order valence-corrected chi connectivity index (χ2v) is 4.50. The highest BCUT2D eigenvalue weighted by Crippen LogP contribution is 2.24. The van der Waals surface area contributed by atoms with Crippen molar-refractivity contribution in [3.63, 3.8) is 0 Å². The van der Waals surface area contributed by atoms with Crippen LogP contribution in [0.2, 0.25) is 0 Å². The molecule has 0 saturated carbocycles. The first-order valence-electron chi connectivity index (χ1n) is 6.43. The maximum absolute atomic E-state index is 5.61. The zero-order valence-corrected chi connectivity index (χ0v) is 11.6.